The van der Waals surface area contributed by atoms with E-state index in [1.54, 1.807) is 0 Å². The Morgan fingerprint density at radius 2 is 1.83 bits per heavy atom. The van der Waals surface area contributed by atoms with Gasteiger partial charge < -0.3 is 14.2 Å². The number of hydrogen-bond acceptors (Lipinski definition) is 4. The lowest BCUT2D eigenvalue weighted by molar-refractivity contribution is -0.148. The molecule has 0 unspecified atom stereocenters. The summed E-state index contributed by atoms with van der Waals surface area (Å²) < 4.78 is 17.1. The van der Waals surface area contributed by atoms with Crippen LogP contribution in [0.5, 0.6) is 11.5 Å². The van der Waals surface area contributed by atoms with E-state index < -0.39 is 5.41 Å². The first-order chi connectivity index (χ1) is 11.2. The monoisotopic (exact) mass is 374 g/mol. The van der Waals surface area contributed by atoms with E-state index in [4.69, 9.17) is 14.2 Å². The zero-order valence-corrected chi connectivity index (χ0v) is 14.0. The lowest BCUT2D eigenvalue weighted by Crippen LogP contribution is -2.23. The minimum absolute atomic E-state index is 0.159. The van der Waals surface area contributed by atoms with E-state index in [0.717, 1.165) is 28.4 Å². The largest absolute Gasteiger partial charge is 0.460 e. The Bertz CT molecular complexity index is 753. The van der Waals surface area contributed by atoms with Gasteiger partial charge in [-0.25, -0.2) is 0 Å². The highest BCUT2D eigenvalue weighted by molar-refractivity contribution is 9.10. The van der Waals surface area contributed by atoms with Gasteiger partial charge in [-0.15, -0.1) is 0 Å². The third kappa shape index (κ3) is 2.59. The normalized spacial score (nSPS) is 16.9. The van der Waals surface area contributed by atoms with Crippen LogP contribution in [0.4, 0.5) is 0 Å². The first-order valence-corrected chi connectivity index (χ1v) is 8.29. The van der Waals surface area contributed by atoms with Crippen molar-refractivity contribution < 1.29 is 19.0 Å². The smallest absolute Gasteiger partial charge is 0.316 e. The second-order valence-corrected chi connectivity index (χ2v) is 6.68. The van der Waals surface area contributed by atoms with Crippen LogP contribution in [0.1, 0.15) is 24.0 Å². The van der Waals surface area contributed by atoms with Crippen LogP contribution in [-0.4, -0.2) is 12.8 Å². The number of benzene rings is 2. The molecule has 0 N–H and O–H groups in total. The van der Waals surface area contributed by atoms with Gasteiger partial charge in [-0.1, -0.05) is 46.3 Å². The fraction of sp³-hybridized carbons (Fsp3) is 0.278. The van der Waals surface area contributed by atoms with Crippen molar-refractivity contribution >= 4 is 21.9 Å². The molecule has 2 aromatic rings. The molecule has 1 aliphatic carbocycles. The molecule has 0 amide bonds. The van der Waals surface area contributed by atoms with E-state index >= 15 is 0 Å². The topological polar surface area (TPSA) is 44.8 Å². The van der Waals surface area contributed by atoms with Crippen LogP contribution in [0.2, 0.25) is 0 Å². The SMILES string of the molecule is O=C(OCc1cc2c(cc1Br)OCO2)C1(c2ccccc2)CC1. The van der Waals surface area contributed by atoms with Crippen molar-refractivity contribution in [2.45, 2.75) is 24.9 Å². The molecule has 0 atom stereocenters. The molecule has 0 bridgehead atoms. The van der Waals surface area contributed by atoms with Gasteiger partial charge in [0.25, 0.3) is 0 Å². The first-order valence-electron chi connectivity index (χ1n) is 7.50. The number of fused-ring (bicyclic) bond motifs is 1. The Kier molecular flexibility index (Phi) is 3.53. The molecule has 0 spiro atoms. The molecule has 0 aromatic heterocycles. The Morgan fingerprint density at radius 1 is 1.13 bits per heavy atom. The summed E-state index contributed by atoms with van der Waals surface area (Å²) in [5, 5.41) is 0. The van der Waals surface area contributed by atoms with E-state index in [1.807, 2.05) is 42.5 Å². The van der Waals surface area contributed by atoms with Gasteiger partial charge in [-0.2, -0.15) is 0 Å². The van der Waals surface area contributed by atoms with Crippen LogP contribution in [0.25, 0.3) is 0 Å². The number of ether oxygens (including phenoxy) is 3. The predicted octanol–water partition coefficient (Wildman–Crippen LogP) is 3.95. The van der Waals surface area contributed by atoms with Crippen molar-refractivity contribution in [1.29, 1.82) is 0 Å². The van der Waals surface area contributed by atoms with Gasteiger partial charge in [0.05, 0.1) is 5.41 Å². The Labute approximate surface area is 142 Å². The maximum Gasteiger partial charge on any atom is 0.316 e. The summed E-state index contributed by atoms with van der Waals surface area (Å²) in [4.78, 5) is 12.6. The number of hydrogen-bond donors (Lipinski definition) is 0. The predicted molar refractivity (Wildman–Crippen MR) is 87.4 cm³/mol. The van der Waals surface area contributed by atoms with Crippen LogP contribution in [0.15, 0.2) is 46.9 Å². The minimum Gasteiger partial charge on any atom is -0.460 e. The van der Waals surface area contributed by atoms with E-state index in [-0.39, 0.29) is 19.4 Å². The maximum absolute atomic E-state index is 12.6. The summed E-state index contributed by atoms with van der Waals surface area (Å²) in [6.07, 6.45) is 1.69. The van der Waals surface area contributed by atoms with Gasteiger partial charge in [0.15, 0.2) is 11.5 Å². The van der Waals surface area contributed by atoms with E-state index in [0.29, 0.717) is 11.5 Å². The van der Waals surface area contributed by atoms with Crippen LogP contribution in [-0.2, 0) is 21.6 Å². The zero-order valence-electron chi connectivity index (χ0n) is 12.4. The van der Waals surface area contributed by atoms with Gasteiger partial charge in [-0.05, 0) is 30.5 Å². The van der Waals surface area contributed by atoms with Gasteiger partial charge in [-0.3, -0.25) is 4.79 Å². The molecule has 118 valence electrons. The van der Waals surface area contributed by atoms with Crippen molar-refractivity contribution in [2.75, 3.05) is 6.79 Å². The molecule has 2 aromatic carbocycles. The molecule has 1 fully saturated rings. The molecular weight excluding hydrogens is 360 g/mol. The second kappa shape index (κ2) is 5.57. The minimum atomic E-state index is -0.454. The molecule has 1 saturated carbocycles. The third-order valence-electron chi connectivity index (χ3n) is 4.37. The fourth-order valence-electron chi connectivity index (χ4n) is 2.84. The average Bonchev–Trinajstić information content (AvgIpc) is 3.27. The van der Waals surface area contributed by atoms with Crippen molar-refractivity contribution in [3.05, 3.63) is 58.1 Å². The molecule has 2 aliphatic rings. The highest BCUT2D eigenvalue weighted by Gasteiger charge is 2.52. The second-order valence-electron chi connectivity index (χ2n) is 5.82. The molecule has 1 heterocycles. The highest BCUT2D eigenvalue weighted by atomic mass is 79.9. The van der Waals surface area contributed by atoms with Gasteiger partial charge in [0, 0.05) is 10.0 Å². The Hall–Kier alpha value is -2.01. The molecular formula is C18H15BrO4. The molecule has 5 heteroatoms. The molecule has 0 saturated heterocycles. The summed E-state index contributed by atoms with van der Waals surface area (Å²) in [5.41, 5.74) is 1.45. The van der Waals surface area contributed by atoms with Crippen molar-refractivity contribution in [2.24, 2.45) is 0 Å². The van der Waals surface area contributed by atoms with Gasteiger partial charge in [0.2, 0.25) is 6.79 Å². The highest BCUT2D eigenvalue weighted by Crippen LogP contribution is 2.49. The lowest BCUT2D eigenvalue weighted by Gasteiger charge is -2.15. The lowest BCUT2D eigenvalue weighted by atomic mass is 9.96. The third-order valence-corrected chi connectivity index (χ3v) is 5.11. The summed E-state index contributed by atoms with van der Waals surface area (Å²) in [6, 6.07) is 13.5. The molecule has 4 nitrogen and oxygen atoms in total. The van der Waals surface area contributed by atoms with E-state index in [1.165, 1.54) is 0 Å². The Morgan fingerprint density at radius 3 is 2.52 bits per heavy atom. The summed E-state index contributed by atoms with van der Waals surface area (Å²) in [5.74, 6) is 1.23. The first kappa shape index (κ1) is 14.6. The number of carbonyl (C=O) groups excluding carboxylic acids is 1. The van der Waals surface area contributed by atoms with Gasteiger partial charge >= 0.3 is 5.97 Å². The van der Waals surface area contributed by atoms with Crippen molar-refractivity contribution in [3.63, 3.8) is 0 Å². The van der Waals surface area contributed by atoms with Crippen molar-refractivity contribution in [3.8, 4) is 11.5 Å². The summed E-state index contributed by atoms with van der Waals surface area (Å²) in [6.45, 7) is 0.437. The Balaban J connectivity index is 1.49. The zero-order chi connectivity index (χ0) is 15.9. The number of rotatable bonds is 4. The van der Waals surface area contributed by atoms with Crippen LogP contribution in [0, 0.1) is 0 Å². The molecule has 0 radical (unpaired) electrons. The maximum atomic E-state index is 12.6. The van der Waals surface area contributed by atoms with Crippen LogP contribution >= 0.6 is 15.9 Å². The summed E-state index contributed by atoms with van der Waals surface area (Å²) in [7, 11) is 0. The van der Waals surface area contributed by atoms with Gasteiger partial charge in [0.1, 0.15) is 6.61 Å². The standard InChI is InChI=1S/C18H15BrO4/c19-14-9-16-15(22-11-23-16)8-12(14)10-21-17(20)18(6-7-18)13-4-2-1-3-5-13/h1-5,8-9H,6-7,10-11H2. The summed E-state index contributed by atoms with van der Waals surface area (Å²) >= 11 is 3.48. The van der Waals surface area contributed by atoms with Crippen molar-refractivity contribution in [1.82, 2.24) is 0 Å². The van der Waals surface area contributed by atoms with Crippen LogP contribution in [0.3, 0.4) is 0 Å². The molecule has 1 aliphatic heterocycles. The van der Waals surface area contributed by atoms with E-state index in [2.05, 4.69) is 15.9 Å². The van der Waals surface area contributed by atoms with E-state index in [9.17, 15) is 4.79 Å². The quantitative estimate of drug-likeness (QED) is 0.760. The fourth-order valence-corrected chi connectivity index (χ4v) is 3.28. The van der Waals surface area contributed by atoms with Crippen LogP contribution < -0.4 is 9.47 Å². The molecule has 23 heavy (non-hydrogen) atoms. The molecule has 4 rings (SSSR count). The number of esters is 1. The number of carbonyl (C=O) groups is 1. The number of halogens is 1. The average molecular weight is 375 g/mol.